The van der Waals surface area contributed by atoms with Gasteiger partial charge in [-0.25, -0.2) is 0 Å². The van der Waals surface area contributed by atoms with Crippen molar-refractivity contribution in [2.24, 2.45) is 11.8 Å². The quantitative estimate of drug-likeness (QED) is 0.642. The zero-order valence-corrected chi connectivity index (χ0v) is 14.5. The third-order valence-electron chi connectivity index (χ3n) is 4.86. The van der Waals surface area contributed by atoms with Crippen LogP contribution in [0.2, 0.25) is 0 Å². The number of rotatable bonds is 10. The molecule has 2 nitrogen and oxygen atoms in total. The Morgan fingerprint density at radius 1 is 1.00 bits per heavy atom. The van der Waals surface area contributed by atoms with Crippen LogP contribution >= 0.6 is 0 Å². The Morgan fingerprint density at radius 2 is 1.65 bits per heavy atom. The van der Waals surface area contributed by atoms with E-state index in [1.165, 1.54) is 64.6 Å². The zero-order valence-electron chi connectivity index (χ0n) is 14.5. The minimum atomic E-state index is 0.766. The van der Waals surface area contributed by atoms with Gasteiger partial charge in [0, 0.05) is 12.6 Å². The molecule has 0 bridgehead atoms. The summed E-state index contributed by atoms with van der Waals surface area (Å²) >= 11 is 0. The molecular formula is C18H38N2. The van der Waals surface area contributed by atoms with E-state index in [0.29, 0.717) is 0 Å². The predicted molar refractivity (Wildman–Crippen MR) is 90.2 cm³/mol. The molecule has 0 saturated heterocycles. The van der Waals surface area contributed by atoms with E-state index in [9.17, 15) is 0 Å². The molecule has 0 spiro atoms. The van der Waals surface area contributed by atoms with E-state index >= 15 is 0 Å². The van der Waals surface area contributed by atoms with Crippen LogP contribution in [0.4, 0.5) is 0 Å². The van der Waals surface area contributed by atoms with Crippen LogP contribution in [-0.4, -0.2) is 37.1 Å². The van der Waals surface area contributed by atoms with Gasteiger partial charge in [0.1, 0.15) is 0 Å². The lowest BCUT2D eigenvalue weighted by Crippen LogP contribution is -2.46. The molecule has 1 N–H and O–H groups in total. The second-order valence-electron chi connectivity index (χ2n) is 6.85. The Morgan fingerprint density at radius 3 is 2.20 bits per heavy atom. The lowest BCUT2D eigenvalue weighted by atomic mass is 9.78. The minimum absolute atomic E-state index is 0.766. The van der Waals surface area contributed by atoms with Gasteiger partial charge in [0.25, 0.3) is 0 Å². The molecule has 2 heteroatoms. The maximum Gasteiger partial charge on any atom is 0.0108 e. The third-order valence-corrected chi connectivity index (χ3v) is 4.86. The van der Waals surface area contributed by atoms with Gasteiger partial charge in [-0.1, -0.05) is 40.5 Å². The van der Waals surface area contributed by atoms with Crippen LogP contribution in [-0.2, 0) is 0 Å². The van der Waals surface area contributed by atoms with Crippen LogP contribution in [0.1, 0.15) is 72.6 Å². The second-order valence-corrected chi connectivity index (χ2v) is 6.85. The van der Waals surface area contributed by atoms with Crippen molar-refractivity contribution in [2.75, 3.05) is 26.2 Å². The van der Waals surface area contributed by atoms with Crippen molar-refractivity contribution >= 4 is 0 Å². The van der Waals surface area contributed by atoms with Crippen molar-refractivity contribution < 1.29 is 0 Å². The molecule has 0 amide bonds. The monoisotopic (exact) mass is 282 g/mol. The van der Waals surface area contributed by atoms with Gasteiger partial charge in [-0.15, -0.1) is 0 Å². The highest BCUT2D eigenvalue weighted by molar-refractivity contribution is 4.85. The predicted octanol–water partition coefficient (Wildman–Crippen LogP) is 4.30. The molecule has 0 aromatic heterocycles. The van der Waals surface area contributed by atoms with Crippen molar-refractivity contribution in [3.8, 4) is 0 Å². The number of hydrogen-bond acceptors (Lipinski definition) is 2. The summed E-state index contributed by atoms with van der Waals surface area (Å²) in [4.78, 5) is 2.75. The van der Waals surface area contributed by atoms with Crippen LogP contribution in [0.15, 0.2) is 0 Å². The van der Waals surface area contributed by atoms with E-state index in [1.807, 2.05) is 0 Å². The van der Waals surface area contributed by atoms with E-state index in [0.717, 1.165) is 24.4 Å². The van der Waals surface area contributed by atoms with Crippen molar-refractivity contribution in [3.05, 3.63) is 0 Å². The van der Waals surface area contributed by atoms with Gasteiger partial charge in [0.2, 0.25) is 0 Å². The minimum Gasteiger partial charge on any atom is -0.314 e. The molecule has 1 saturated carbocycles. The molecule has 0 aromatic rings. The summed E-state index contributed by atoms with van der Waals surface area (Å²) in [5.74, 6) is 1.79. The number of nitrogens with zero attached hydrogens (tertiary/aromatic N) is 1. The average molecular weight is 283 g/mol. The first-order valence-corrected chi connectivity index (χ1v) is 9.16. The van der Waals surface area contributed by atoms with Crippen molar-refractivity contribution in [1.29, 1.82) is 0 Å². The first-order valence-electron chi connectivity index (χ1n) is 9.16. The lowest BCUT2D eigenvalue weighted by molar-refractivity contribution is 0.143. The fraction of sp³-hybridized carbons (Fsp3) is 1.00. The molecule has 20 heavy (non-hydrogen) atoms. The third kappa shape index (κ3) is 6.58. The Labute approximate surface area is 127 Å². The summed E-state index contributed by atoms with van der Waals surface area (Å²) < 4.78 is 0. The SMILES string of the molecule is CCCCN(CCCC)CC1CC(C)CCC1NCC. The second kappa shape index (κ2) is 10.6. The summed E-state index contributed by atoms with van der Waals surface area (Å²) in [5, 5.41) is 3.75. The molecule has 0 heterocycles. The van der Waals surface area contributed by atoms with Gasteiger partial charge in [0.15, 0.2) is 0 Å². The maximum atomic E-state index is 3.75. The van der Waals surface area contributed by atoms with Crippen molar-refractivity contribution in [3.63, 3.8) is 0 Å². The van der Waals surface area contributed by atoms with E-state index in [-0.39, 0.29) is 0 Å². The Hall–Kier alpha value is -0.0800. The Kier molecular flexibility index (Phi) is 9.54. The van der Waals surface area contributed by atoms with E-state index in [4.69, 9.17) is 0 Å². The molecule has 3 unspecified atom stereocenters. The standard InChI is InChI=1S/C18H38N2/c1-5-8-12-20(13-9-6-2)15-17-14-16(4)10-11-18(17)19-7-3/h16-19H,5-15H2,1-4H3. The first-order chi connectivity index (χ1) is 9.71. The van der Waals surface area contributed by atoms with Gasteiger partial charge in [-0.3, -0.25) is 0 Å². The molecule has 0 aliphatic heterocycles. The number of nitrogens with one attached hydrogen (secondary N) is 1. The largest absolute Gasteiger partial charge is 0.314 e. The molecule has 1 rings (SSSR count). The Balaban J connectivity index is 2.51. The first kappa shape index (κ1) is 18.0. The highest BCUT2D eigenvalue weighted by atomic mass is 15.1. The summed E-state index contributed by atoms with van der Waals surface area (Å²) in [7, 11) is 0. The molecule has 0 aromatic carbocycles. The van der Waals surface area contributed by atoms with E-state index in [2.05, 4.69) is 37.9 Å². The van der Waals surface area contributed by atoms with E-state index < -0.39 is 0 Å². The molecule has 120 valence electrons. The van der Waals surface area contributed by atoms with Gasteiger partial charge >= 0.3 is 0 Å². The summed E-state index contributed by atoms with van der Waals surface area (Å²) in [6.45, 7) is 14.4. The van der Waals surface area contributed by atoms with E-state index in [1.54, 1.807) is 0 Å². The molecule has 1 aliphatic rings. The summed E-state index contributed by atoms with van der Waals surface area (Å²) in [6.07, 6.45) is 9.58. The normalized spacial score (nSPS) is 27.1. The van der Waals surface area contributed by atoms with Gasteiger partial charge in [0.05, 0.1) is 0 Å². The topological polar surface area (TPSA) is 15.3 Å². The van der Waals surface area contributed by atoms with Gasteiger partial charge in [-0.2, -0.15) is 0 Å². The highest BCUT2D eigenvalue weighted by Crippen LogP contribution is 2.30. The summed E-state index contributed by atoms with van der Waals surface area (Å²) in [6, 6.07) is 0.766. The van der Waals surface area contributed by atoms with Crippen molar-refractivity contribution in [1.82, 2.24) is 10.2 Å². The number of unbranched alkanes of at least 4 members (excludes halogenated alkanes) is 2. The van der Waals surface area contributed by atoms with Gasteiger partial charge in [-0.05, 0) is 63.6 Å². The fourth-order valence-corrected chi connectivity index (χ4v) is 3.62. The zero-order chi connectivity index (χ0) is 14.8. The lowest BCUT2D eigenvalue weighted by Gasteiger charge is -2.38. The molecule has 1 aliphatic carbocycles. The van der Waals surface area contributed by atoms with Crippen LogP contribution in [0.5, 0.6) is 0 Å². The average Bonchev–Trinajstić information content (AvgIpc) is 2.44. The molecular weight excluding hydrogens is 244 g/mol. The molecule has 1 fully saturated rings. The maximum absolute atomic E-state index is 3.75. The highest BCUT2D eigenvalue weighted by Gasteiger charge is 2.29. The smallest absolute Gasteiger partial charge is 0.0108 e. The van der Waals surface area contributed by atoms with Crippen molar-refractivity contribution in [2.45, 2.75) is 78.7 Å². The molecule has 3 atom stereocenters. The van der Waals surface area contributed by atoms with Crippen LogP contribution in [0, 0.1) is 11.8 Å². The number of hydrogen-bond donors (Lipinski definition) is 1. The van der Waals surface area contributed by atoms with Gasteiger partial charge < -0.3 is 10.2 Å². The Bertz CT molecular complexity index is 221. The fourth-order valence-electron chi connectivity index (χ4n) is 3.62. The van der Waals surface area contributed by atoms with Crippen LogP contribution in [0.25, 0.3) is 0 Å². The van der Waals surface area contributed by atoms with Crippen LogP contribution in [0.3, 0.4) is 0 Å². The summed E-state index contributed by atoms with van der Waals surface area (Å²) in [5.41, 5.74) is 0. The van der Waals surface area contributed by atoms with Crippen LogP contribution < -0.4 is 5.32 Å². The molecule has 0 radical (unpaired) electrons.